The number of unbranched alkanes of at least 4 members (excludes halogenated alkanes) is 1. The SMILES string of the molecule is C=CCCCC(N)C1(OCC)CCOCC1. The molecule has 94 valence electrons. The van der Waals surface area contributed by atoms with E-state index in [1.807, 2.05) is 13.0 Å². The Morgan fingerprint density at radius 2 is 2.19 bits per heavy atom. The lowest BCUT2D eigenvalue weighted by Gasteiger charge is -2.41. The fraction of sp³-hybridized carbons (Fsp3) is 0.846. The molecule has 2 N–H and O–H groups in total. The van der Waals surface area contributed by atoms with Gasteiger partial charge in [-0.3, -0.25) is 0 Å². The van der Waals surface area contributed by atoms with E-state index in [4.69, 9.17) is 15.2 Å². The molecule has 1 fully saturated rings. The summed E-state index contributed by atoms with van der Waals surface area (Å²) >= 11 is 0. The van der Waals surface area contributed by atoms with Gasteiger partial charge in [0.25, 0.3) is 0 Å². The maximum absolute atomic E-state index is 6.30. The molecule has 1 rings (SSSR count). The first-order chi connectivity index (χ1) is 7.75. The molecule has 1 saturated heterocycles. The molecule has 3 heteroatoms. The van der Waals surface area contributed by atoms with E-state index in [1.165, 1.54) is 0 Å². The first-order valence-electron chi connectivity index (χ1n) is 6.33. The summed E-state index contributed by atoms with van der Waals surface area (Å²) in [6, 6.07) is 0.122. The van der Waals surface area contributed by atoms with Crippen LogP contribution in [0.4, 0.5) is 0 Å². The molecule has 1 aliphatic rings. The highest BCUT2D eigenvalue weighted by Gasteiger charge is 2.38. The maximum Gasteiger partial charge on any atom is 0.0876 e. The average Bonchev–Trinajstić information content (AvgIpc) is 2.31. The summed E-state index contributed by atoms with van der Waals surface area (Å²) in [6.07, 6.45) is 6.94. The van der Waals surface area contributed by atoms with Crippen molar-refractivity contribution in [3.63, 3.8) is 0 Å². The Kier molecular flexibility index (Phi) is 6.03. The van der Waals surface area contributed by atoms with Gasteiger partial charge in [0.2, 0.25) is 0 Å². The number of nitrogens with two attached hydrogens (primary N) is 1. The van der Waals surface area contributed by atoms with Crippen molar-refractivity contribution in [3.8, 4) is 0 Å². The normalized spacial score (nSPS) is 21.6. The third-order valence-electron chi connectivity index (χ3n) is 3.37. The van der Waals surface area contributed by atoms with Gasteiger partial charge in [0.1, 0.15) is 0 Å². The highest BCUT2D eigenvalue weighted by atomic mass is 16.5. The molecule has 0 saturated carbocycles. The minimum absolute atomic E-state index is 0.122. The van der Waals surface area contributed by atoms with Crippen LogP contribution in [0.1, 0.15) is 39.0 Å². The molecular formula is C13H25NO2. The molecule has 1 unspecified atom stereocenters. The lowest BCUT2D eigenvalue weighted by molar-refractivity contribution is -0.121. The Morgan fingerprint density at radius 3 is 2.75 bits per heavy atom. The minimum atomic E-state index is -0.145. The lowest BCUT2D eigenvalue weighted by atomic mass is 9.84. The maximum atomic E-state index is 6.30. The van der Waals surface area contributed by atoms with E-state index in [0.29, 0.717) is 0 Å². The number of ether oxygens (including phenoxy) is 2. The number of rotatable bonds is 7. The van der Waals surface area contributed by atoms with Crippen LogP contribution in [0.5, 0.6) is 0 Å². The molecule has 1 aliphatic heterocycles. The highest BCUT2D eigenvalue weighted by Crippen LogP contribution is 2.30. The van der Waals surface area contributed by atoms with Gasteiger partial charge in [-0.1, -0.05) is 6.08 Å². The average molecular weight is 227 g/mol. The smallest absolute Gasteiger partial charge is 0.0876 e. The van der Waals surface area contributed by atoms with Crippen LogP contribution in [0.2, 0.25) is 0 Å². The molecule has 16 heavy (non-hydrogen) atoms. The van der Waals surface area contributed by atoms with Crippen molar-refractivity contribution < 1.29 is 9.47 Å². The molecule has 0 amide bonds. The van der Waals surface area contributed by atoms with Gasteiger partial charge in [-0.15, -0.1) is 6.58 Å². The van der Waals surface area contributed by atoms with Crippen molar-refractivity contribution in [3.05, 3.63) is 12.7 Å². The molecule has 0 aliphatic carbocycles. The molecular weight excluding hydrogens is 202 g/mol. The zero-order valence-corrected chi connectivity index (χ0v) is 10.4. The van der Waals surface area contributed by atoms with E-state index < -0.39 is 0 Å². The second-order valence-corrected chi connectivity index (χ2v) is 4.44. The molecule has 0 aromatic rings. The van der Waals surface area contributed by atoms with Gasteiger partial charge in [0, 0.05) is 38.7 Å². The number of allylic oxidation sites excluding steroid dienone is 1. The van der Waals surface area contributed by atoms with Crippen molar-refractivity contribution in [1.82, 2.24) is 0 Å². The minimum Gasteiger partial charge on any atom is -0.381 e. The third-order valence-corrected chi connectivity index (χ3v) is 3.37. The van der Waals surface area contributed by atoms with Gasteiger partial charge in [-0.05, 0) is 26.2 Å². The summed E-state index contributed by atoms with van der Waals surface area (Å²) < 4.78 is 11.3. The van der Waals surface area contributed by atoms with Gasteiger partial charge < -0.3 is 15.2 Å². The van der Waals surface area contributed by atoms with E-state index in [-0.39, 0.29) is 11.6 Å². The fourth-order valence-electron chi connectivity index (χ4n) is 2.37. The monoisotopic (exact) mass is 227 g/mol. The number of hydrogen-bond acceptors (Lipinski definition) is 3. The zero-order valence-electron chi connectivity index (χ0n) is 10.4. The van der Waals surface area contributed by atoms with Crippen LogP contribution >= 0.6 is 0 Å². The fourth-order valence-corrected chi connectivity index (χ4v) is 2.37. The molecule has 0 aromatic carbocycles. The first-order valence-corrected chi connectivity index (χ1v) is 6.33. The Labute approximate surface area is 99.0 Å². The molecule has 0 bridgehead atoms. The second-order valence-electron chi connectivity index (χ2n) is 4.44. The van der Waals surface area contributed by atoms with Crippen LogP contribution < -0.4 is 5.73 Å². The predicted octanol–water partition coefficient (Wildman–Crippen LogP) is 2.26. The Bertz CT molecular complexity index is 195. The lowest BCUT2D eigenvalue weighted by Crippen LogP contribution is -2.53. The van der Waals surface area contributed by atoms with Crippen LogP contribution in [-0.2, 0) is 9.47 Å². The van der Waals surface area contributed by atoms with Crippen LogP contribution in [-0.4, -0.2) is 31.5 Å². The second kappa shape index (κ2) is 7.05. The van der Waals surface area contributed by atoms with E-state index in [0.717, 1.165) is 51.9 Å². The quantitative estimate of drug-likeness (QED) is 0.536. The van der Waals surface area contributed by atoms with Crippen molar-refractivity contribution >= 4 is 0 Å². The van der Waals surface area contributed by atoms with Gasteiger partial charge in [0.05, 0.1) is 5.60 Å². The van der Waals surface area contributed by atoms with Crippen molar-refractivity contribution in [2.45, 2.75) is 50.7 Å². The summed E-state index contributed by atoms with van der Waals surface area (Å²) in [5, 5.41) is 0. The molecule has 3 nitrogen and oxygen atoms in total. The van der Waals surface area contributed by atoms with Crippen LogP contribution in [0, 0.1) is 0 Å². The van der Waals surface area contributed by atoms with Crippen LogP contribution in [0.25, 0.3) is 0 Å². The van der Waals surface area contributed by atoms with Crippen molar-refractivity contribution in [2.75, 3.05) is 19.8 Å². The Balaban J connectivity index is 2.49. The zero-order chi connectivity index (χ0) is 11.9. The molecule has 0 radical (unpaired) electrons. The van der Waals surface area contributed by atoms with Crippen LogP contribution in [0.3, 0.4) is 0 Å². The van der Waals surface area contributed by atoms with E-state index in [1.54, 1.807) is 0 Å². The summed E-state index contributed by atoms with van der Waals surface area (Å²) in [6.45, 7) is 8.04. The molecule has 1 heterocycles. The standard InChI is InChI=1S/C13H25NO2/c1-3-5-6-7-12(14)13(16-4-2)8-10-15-11-9-13/h3,12H,1,4-11,14H2,2H3. The Morgan fingerprint density at radius 1 is 1.50 bits per heavy atom. The summed E-state index contributed by atoms with van der Waals surface area (Å²) in [7, 11) is 0. The highest BCUT2D eigenvalue weighted by molar-refractivity contribution is 4.93. The van der Waals surface area contributed by atoms with E-state index >= 15 is 0 Å². The van der Waals surface area contributed by atoms with E-state index in [2.05, 4.69) is 6.58 Å². The van der Waals surface area contributed by atoms with Gasteiger partial charge in [-0.25, -0.2) is 0 Å². The Hall–Kier alpha value is -0.380. The summed E-state index contributed by atoms with van der Waals surface area (Å²) in [5.41, 5.74) is 6.15. The van der Waals surface area contributed by atoms with Gasteiger partial charge in [0.15, 0.2) is 0 Å². The predicted molar refractivity (Wildman–Crippen MR) is 66.4 cm³/mol. The van der Waals surface area contributed by atoms with Crippen molar-refractivity contribution in [1.29, 1.82) is 0 Å². The molecule has 1 atom stereocenters. The molecule has 0 spiro atoms. The van der Waals surface area contributed by atoms with E-state index in [9.17, 15) is 0 Å². The van der Waals surface area contributed by atoms with Crippen LogP contribution in [0.15, 0.2) is 12.7 Å². The van der Waals surface area contributed by atoms with Gasteiger partial charge >= 0.3 is 0 Å². The van der Waals surface area contributed by atoms with Crippen molar-refractivity contribution in [2.24, 2.45) is 5.73 Å². The molecule has 0 aromatic heterocycles. The largest absolute Gasteiger partial charge is 0.381 e. The van der Waals surface area contributed by atoms with Gasteiger partial charge in [-0.2, -0.15) is 0 Å². The summed E-state index contributed by atoms with van der Waals surface area (Å²) in [4.78, 5) is 0. The third kappa shape index (κ3) is 3.58. The number of hydrogen-bond donors (Lipinski definition) is 1. The first kappa shape index (κ1) is 13.7. The summed E-state index contributed by atoms with van der Waals surface area (Å²) in [5.74, 6) is 0. The topological polar surface area (TPSA) is 44.5 Å².